The summed E-state index contributed by atoms with van der Waals surface area (Å²) in [4.78, 5) is 12.3. The van der Waals surface area contributed by atoms with Crippen LogP contribution in [0.2, 0.25) is 0 Å². The van der Waals surface area contributed by atoms with Crippen LogP contribution in [-0.2, 0) is 6.42 Å². The van der Waals surface area contributed by atoms with Crippen molar-refractivity contribution < 1.29 is 4.39 Å². The summed E-state index contributed by atoms with van der Waals surface area (Å²) in [7, 11) is 0. The van der Waals surface area contributed by atoms with E-state index in [1.54, 1.807) is 12.1 Å². The fraction of sp³-hybridized carbons (Fsp3) is 0.143. The SMILES string of the molecule is Cc1n[nH]c(=O)cc1Cc1cc2cccc(F)c2s1. The Balaban J connectivity index is 2.04. The highest BCUT2D eigenvalue weighted by Gasteiger charge is 2.08. The lowest BCUT2D eigenvalue weighted by atomic mass is 10.1. The van der Waals surface area contributed by atoms with Gasteiger partial charge in [0.1, 0.15) is 5.82 Å². The van der Waals surface area contributed by atoms with Crippen molar-refractivity contribution in [3.8, 4) is 0 Å². The van der Waals surface area contributed by atoms with Gasteiger partial charge in [0, 0.05) is 17.4 Å². The Morgan fingerprint density at radius 3 is 3.00 bits per heavy atom. The number of benzene rings is 1. The zero-order valence-corrected chi connectivity index (χ0v) is 11.1. The lowest BCUT2D eigenvalue weighted by Crippen LogP contribution is -2.10. The van der Waals surface area contributed by atoms with Gasteiger partial charge >= 0.3 is 0 Å². The molecule has 0 aliphatic carbocycles. The average Bonchev–Trinajstić information content (AvgIpc) is 2.78. The van der Waals surface area contributed by atoms with E-state index >= 15 is 0 Å². The Morgan fingerprint density at radius 2 is 2.21 bits per heavy atom. The second-order valence-corrected chi connectivity index (χ2v) is 5.53. The first-order chi connectivity index (χ1) is 9.13. The number of aromatic nitrogens is 2. The van der Waals surface area contributed by atoms with Crippen molar-refractivity contribution in [2.45, 2.75) is 13.3 Å². The molecule has 19 heavy (non-hydrogen) atoms. The molecule has 3 nitrogen and oxygen atoms in total. The van der Waals surface area contributed by atoms with Gasteiger partial charge in [0.2, 0.25) is 0 Å². The zero-order valence-electron chi connectivity index (χ0n) is 10.2. The van der Waals surface area contributed by atoms with E-state index in [4.69, 9.17) is 0 Å². The average molecular weight is 274 g/mol. The third-order valence-electron chi connectivity index (χ3n) is 3.02. The minimum absolute atomic E-state index is 0.200. The monoisotopic (exact) mass is 274 g/mol. The molecule has 5 heteroatoms. The Hall–Kier alpha value is -2.01. The number of hydrogen-bond donors (Lipinski definition) is 1. The molecule has 0 fully saturated rings. The number of H-pyrrole nitrogens is 1. The molecule has 0 unspecified atom stereocenters. The molecule has 1 N–H and O–H groups in total. The normalized spacial score (nSPS) is 11.1. The summed E-state index contributed by atoms with van der Waals surface area (Å²) in [5.74, 6) is -0.200. The zero-order chi connectivity index (χ0) is 13.4. The van der Waals surface area contributed by atoms with Crippen LogP contribution in [0.25, 0.3) is 10.1 Å². The molecule has 0 bridgehead atoms. The summed E-state index contributed by atoms with van der Waals surface area (Å²) in [6.45, 7) is 1.85. The molecule has 0 aliphatic rings. The Morgan fingerprint density at radius 1 is 1.37 bits per heavy atom. The van der Waals surface area contributed by atoms with Crippen LogP contribution in [0.1, 0.15) is 16.1 Å². The van der Waals surface area contributed by atoms with Gasteiger partial charge in [-0.15, -0.1) is 11.3 Å². The van der Waals surface area contributed by atoms with Crippen LogP contribution in [0, 0.1) is 12.7 Å². The quantitative estimate of drug-likeness (QED) is 0.780. The molecule has 0 amide bonds. The van der Waals surface area contributed by atoms with Gasteiger partial charge in [-0.05, 0) is 30.0 Å². The van der Waals surface area contributed by atoms with Gasteiger partial charge in [-0.25, -0.2) is 9.49 Å². The molecule has 0 atom stereocenters. The first kappa shape index (κ1) is 12.0. The third kappa shape index (κ3) is 2.29. The molecule has 3 aromatic rings. The first-order valence-electron chi connectivity index (χ1n) is 5.85. The lowest BCUT2D eigenvalue weighted by molar-refractivity contribution is 0.642. The van der Waals surface area contributed by atoms with Crippen LogP contribution in [0.15, 0.2) is 35.1 Å². The maximum absolute atomic E-state index is 13.6. The summed E-state index contributed by atoms with van der Waals surface area (Å²) in [5.41, 5.74) is 1.45. The van der Waals surface area contributed by atoms with Crippen molar-refractivity contribution in [2.24, 2.45) is 0 Å². The minimum Gasteiger partial charge on any atom is -0.268 e. The third-order valence-corrected chi connectivity index (χ3v) is 4.17. The number of nitrogens with zero attached hydrogens (tertiary/aromatic N) is 1. The van der Waals surface area contributed by atoms with Crippen LogP contribution < -0.4 is 5.56 Å². The highest BCUT2D eigenvalue weighted by atomic mass is 32.1. The number of aromatic amines is 1. The molecule has 2 aromatic heterocycles. The van der Waals surface area contributed by atoms with Crippen molar-refractivity contribution in [3.63, 3.8) is 0 Å². The van der Waals surface area contributed by atoms with Crippen molar-refractivity contribution in [1.82, 2.24) is 10.2 Å². The molecule has 0 spiro atoms. The van der Waals surface area contributed by atoms with Crippen LogP contribution in [-0.4, -0.2) is 10.2 Å². The number of thiophene rings is 1. The van der Waals surface area contributed by atoms with Gasteiger partial charge in [-0.1, -0.05) is 12.1 Å². The Bertz CT molecular complexity index is 807. The number of hydrogen-bond acceptors (Lipinski definition) is 3. The number of halogens is 1. The number of nitrogens with one attached hydrogen (secondary N) is 1. The summed E-state index contributed by atoms with van der Waals surface area (Å²) in [5, 5.41) is 7.24. The minimum atomic E-state index is -0.215. The molecule has 0 saturated heterocycles. The van der Waals surface area contributed by atoms with Gasteiger partial charge < -0.3 is 0 Å². The fourth-order valence-corrected chi connectivity index (χ4v) is 3.13. The molecule has 1 aromatic carbocycles. The van der Waals surface area contributed by atoms with E-state index < -0.39 is 0 Å². The Kier molecular flexibility index (Phi) is 2.91. The van der Waals surface area contributed by atoms with E-state index in [0.717, 1.165) is 21.5 Å². The lowest BCUT2D eigenvalue weighted by Gasteiger charge is -2.00. The molecular formula is C14H11FN2OS. The van der Waals surface area contributed by atoms with Crippen LogP contribution in [0.5, 0.6) is 0 Å². The van der Waals surface area contributed by atoms with Crippen LogP contribution in [0.3, 0.4) is 0 Å². The highest BCUT2D eigenvalue weighted by Crippen LogP contribution is 2.29. The van der Waals surface area contributed by atoms with Gasteiger partial charge in [0.05, 0.1) is 10.4 Å². The maximum atomic E-state index is 13.6. The van der Waals surface area contributed by atoms with Crippen molar-refractivity contribution in [2.75, 3.05) is 0 Å². The van der Waals surface area contributed by atoms with E-state index in [9.17, 15) is 9.18 Å². The molecule has 2 heterocycles. The molecular weight excluding hydrogens is 263 g/mol. The Labute approximate surface area is 112 Å². The van der Waals surface area contributed by atoms with Gasteiger partial charge in [-0.2, -0.15) is 5.10 Å². The highest BCUT2D eigenvalue weighted by molar-refractivity contribution is 7.19. The van der Waals surface area contributed by atoms with Crippen molar-refractivity contribution >= 4 is 21.4 Å². The van der Waals surface area contributed by atoms with Crippen LogP contribution >= 0.6 is 11.3 Å². The van der Waals surface area contributed by atoms with Crippen molar-refractivity contribution in [3.05, 3.63) is 62.6 Å². The first-order valence-corrected chi connectivity index (χ1v) is 6.67. The standard InChI is InChI=1S/C14H11FN2OS/c1-8-10(7-13(18)17-16-8)6-11-5-9-3-2-4-12(15)14(9)19-11/h2-5,7H,6H2,1H3,(H,17,18). The molecule has 3 rings (SSSR count). The van der Waals surface area contributed by atoms with Gasteiger partial charge in [0.15, 0.2) is 0 Å². The second kappa shape index (κ2) is 4.59. The smallest absolute Gasteiger partial charge is 0.264 e. The fourth-order valence-electron chi connectivity index (χ4n) is 2.04. The number of fused-ring (bicyclic) bond motifs is 1. The summed E-state index contributed by atoms with van der Waals surface area (Å²) in [6, 6.07) is 8.56. The van der Waals surface area contributed by atoms with Gasteiger partial charge in [-0.3, -0.25) is 4.79 Å². The maximum Gasteiger partial charge on any atom is 0.264 e. The van der Waals surface area contributed by atoms with Crippen molar-refractivity contribution in [1.29, 1.82) is 0 Å². The second-order valence-electron chi connectivity index (χ2n) is 4.39. The molecule has 0 radical (unpaired) electrons. The predicted molar refractivity (Wildman–Crippen MR) is 74.2 cm³/mol. The topological polar surface area (TPSA) is 45.8 Å². The number of aryl methyl sites for hydroxylation is 1. The number of rotatable bonds is 2. The van der Waals surface area contributed by atoms with E-state index in [2.05, 4.69) is 10.2 Å². The van der Waals surface area contributed by atoms with E-state index in [1.165, 1.54) is 17.4 Å². The van der Waals surface area contributed by atoms with E-state index in [-0.39, 0.29) is 11.4 Å². The van der Waals surface area contributed by atoms with Gasteiger partial charge in [0.25, 0.3) is 5.56 Å². The molecule has 96 valence electrons. The molecule has 0 aliphatic heterocycles. The summed E-state index contributed by atoms with van der Waals surface area (Å²) >= 11 is 1.42. The summed E-state index contributed by atoms with van der Waals surface area (Å²) in [6.07, 6.45) is 0.599. The molecule has 0 saturated carbocycles. The van der Waals surface area contributed by atoms with E-state index in [1.807, 2.05) is 19.1 Å². The van der Waals surface area contributed by atoms with E-state index in [0.29, 0.717) is 11.1 Å². The largest absolute Gasteiger partial charge is 0.268 e. The van der Waals surface area contributed by atoms with Crippen LogP contribution in [0.4, 0.5) is 4.39 Å². The predicted octanol–water partition coefficient (Wildman–Crippen LogP) is 3.02. The summed E-state index contributed by atoms with van der Waals surface area (Å²) < 4.78 is 14.3.